The van der Waals surface area contributed by atoms with Gasteiger partial charge in [0, 0.05) is 6.20 Å². The molecule has 0 saturated heterocycles. The van der Waals surface area contributed by atoms with Gasteiger partial charge in [0.05, 0.1) is 10.7 Å². The Bertz CT molecular complexity index is 275. The monoisotopic (exact) mass is 263 g/mol. The molecule has 1 rings (SSSR count). The van der Waals surface area contributed by atoms with E-state index >= 15 is 0 Å². The van der Waals surface area contributed by atoms with Crippen LogP contribution in [-0.2, 0) is 0 Å². The summed E-state index contributed by atoms with van der Waals surface area (Å²) in [4.78, 5) is 14.2. The molecule has 0 bridgehead atoms. The zero-order valence-electron chi connectivity index (χ0n) is 5.87. The Kier molecular flexibility index (Phi) is 2.81. The maximum Gasteiger partial charge on any atom is 0.169 e. The molecule has 0 fully saturated rings. The Labute approximate surface area is 77.9 Å². The molecular formula is C7H6INO2. The molecule has 11 heavy (non-hydrogen) atoms. The molecule has 0 aliphatic carbocycles. The number of aromatic nitrogens is 1. The van der Waals surface area contributed by atoms with Crippen LogP contribution < -0.4 is 4.74 Å². The first-order chi connectivity index (χ1) is 5.29. The van der Waals surface area contributed by atoms with Gasteiger partial charge in [0.25, 0.3) is 0 Å². The summed E-state index contributed by atoms with van der Waals surface area (Å²) in [6.07, 6.45) is 2.26. The third-order valence-electron chi connectivity index (χ3n) is 1.21. The number of aldehydes is 1. The van der Waals surface area contributed by atoms with Gasteiger partial charge in [-0.05, 0) is 28.7 Å². The van der Waals surface area contributed by atoms with Gasteiger partial charge in [-0.25, -0.2) is 0 Å². The van der Waals surface area contributed by atoms with Crippen LogP contribution in [0.3, 0.4) is 0 Å². The maximum absolute atomic E-state index is 10.4. The van der Waals surface area contributed by atoms with Gasteiger partial charge < -0.3 is 4.74 Å². The lowest BCUT2D eigenvalue weighted by Crippen LogP contribution is -1.94. The van der Waals surface area contributed by atoms with Crippen LogP contribution in [0.4, 0.5) is 0 Å². The molecule has 0 unspecified atom stereocenters. The van der Waals surface area contributed by atoms with Gasteiger partial charge in [-0.1, -0.05) is 0 Å². The highest BCUT2D eigenvalue weighted by atomic mass is 127. The predicted octanol–water partition coefficient (Wildman–Crippen LogP) is 1.51. The summed E-state index contributed by atoms with van der Waals surface area (Å²) >= 11 is 2.02. The Balaban J connectivity index is 3.20. The van der Waals surface area contributed by atoms with Gasteiger partial charge in [0.15, 0.2) is 6.29 Å². The second kappa shape index (κ2) is 3.66. The third-order valence-corrected chi connectivity index (χ3v) is 2.30. The normalized spacial score (nSPS) is 9.27. The number of carbonyl (C=O) groups is 1. The Morgan fingerprint density at radius 2 is 2.45 bits per heavy atom. The minimum Gasteiger partial charge on any atom is -0.496 e. The topological polar surface area (TPSA) is 39.2 Å². The first-order valence-electron chi connectivity index (χ1n) is 2.93. The molecule has 4 heteroatoms. The van der Waals surface area contributed by atoms with E-state index in [2.05, 4.69) is 4.98 Å². The van der Waals surface area contributed by atoms with E-state index in [1.54, 1.807) is 19.4 Å². The van der Waals surface area contributed by atoms with Crippen LogP contribution in [0, 0.1) is 3.57 Å². The summed E-state index contributed by atoms with van der Waals surface area (Å²) in [6.45, 7) is 0. The molecule has 1 aromatic rings. The zero-order valence-corrected chi connectivity index (χ0v) is 8.03. The van der Waals surface area contributed by atoms with Crippen molar-refractivity contribution in [2.24, 2.45) is 0 Å². The van der Waals surface area contributed by atoms with Crippen LogP contribution >= 0.6 is 22.6 Å². The summed E-state index contributed by atoms with van der Waals surface area (Å²) in [5.41, 5.74) is 0.421. The van der Waals surface area contributed by atoms with Crippen molar-refractivity contribution in [1.82, 2.24) is 4.98 Å². The molecule has 0 aliphatic heterocycles. The molecule has 3 nitrogen and oxygen atoms in total. The van der Waals surface area contributed by atoms with E-state index in [4.69, 9.17) is 4.74 Å². The van der Waals surface area contributed by atoms with Gasteiger partial charge in [-0.2, -0.15) is 0 Å². The molecule has 0 aliphatic rings. The lowest BCUT2D eigenvalue weighted by molar-refractivity contribution is 0.111. The SMILES string of the molecule is COc1ccnc(C=O)c1I. The first-order valence-corrected chi connectivity index (χ1v) is 4.01. The minimum atomic E-state index is 0.421. The molecule has 0 radical (unpaired) electrons. The number of halogens is 1. The number of ether oxygens (including phenoxy) is 1. The largest absolute Gasteiger partial charge is 0.496 e. The number of pyridine rings is 1. The van der Waals surface area contributed by atoms with Crippen molar-refractivity contribution in [2.75, 3.05) is 7.11 Å². The average molecular weight is 263 g/mol. The van der Waals surface area contributed by atoms with Crippen LogP contribution in [0.25, 0.3) is 0 Å². The van der Waals surface area contributed by atoms with Crippen molar-refractivity contribution in [3.8, 4) is 5.75 Å². The summed E-state index contributed by atoms with van der Waals surface area (Å²) in [7, 11) is 1.56. The Hall–Kier alpha value is -0.650. The van der Waals surface area contributed by atoms with Crippen LogP contribution in [0.1, 0.15) is 10.5 Å². The first kappa shape index (κ1) is 8.45. The quantitative estimate of drug-likeness (QED) is 0.599. The molecule has 58 valence electrons. The standard InChI is InChI=1S/C7H6INO2/c1-11-6-2-3-9-5(4-10)7(6)8/h2-4H,1H3. The van der Waals surface area contributed by atoms with Crippen molar-refractivity contribution in [1.29, 1.82) is 0 Å². The highest BCUT2D eigenvalue weighted by molar-refractivity contribution is 14.1. The second-order valence-electron chi connectivity index (χ2n) is 1.83. The molecule has 1 heterocycles. The van der Waals surface area contributed by atoms with E-state index in [1.807, 2.05) is 22.6 Å². The number of methoxy groups -OCH3 is 1. The molecule has 0 amide bonds. The van der Waals surface area contributed by atoms with Crippen LogP contribution in [0.2, 0.25) is 0 Å². The van der Waals surface area contributed by atoms with E-state index in [-0.39, 0.29) is 0 Å². The fourth-order valence-electron chi connectivity index (χ4n) is 0.681. The molecule has 1 aromatic heterocycles. The number of hydrogen-bond acceptors (Lipinski definition) is 3. The highest BCUT2D eigenvalue weighted by Crippen LogP contribution is 2.20. The Morgan fingerprint density at radius 1 is 1.73 bits per heavy atom. The smallest absolute Gasteiger partial charge is 0.169 e. The minimum absolute atomic E-state index is 0.421. The fraction of sp³-hybridized carbons (Fsp3) is 0.143. The zero-order chi connectivity index (χ0) is 8.27. The van der Waals surface area contributed by atoms with Crippen molar-refractivity contribution in [2.45, 2.75) is 0 Å². The number of hydrogen-bond donors (Lipinski definition) is 0. The predicted molar refractivity (Wildman–Crippen MR) is 48.9 cm³/mol. The highest BCUT2D eigenvalue weighted by Gasteiger charge is 2.04. The van der Waals surface area contributed by atoms with E-state index in [1.165, 1.54) is 0 Å². The van der Waals surface area contributed by atoms with E-state index in [0.717, 1.165) is 3.57 Å². The van der Waals surface area contributed by atoms with Gasteiger partial charge in [-0.15, -0.1) is 0 Å². The molecule has 0 saturated carbocycles. The molecule has 0 atom stereocenters. The van der Waals surface area contributed by atoms with Crippen molar-refractivity contribution in [3.63, 3.8) is 0 Å². The van der Waals surface area contributed by atoms with Crippen LogP contribution in [-0.4, -0.2) is 18.4 Å². The fourth-order valence-corrected chi connectivity index (χ4v) is 1.35. The van der Waals surface area contributed by atoms with Gasteiger partial charge in [-0.3, -0.25) is 9.78 Å². The van der Waals surface area contributed by atoms with E-state index < -0.39 is 0 Å². The second-order valence-corrected chi connectivity index (χ2v) is 2.91. The maximum atomic E-state index is 10.4. The van der Waals surface area contributed by atoms with Crippen LogP contribution in [0.15, 0.2) is 12.3 Å². The van der Waals surface area contributed by atoms with Gasteiger partial charge in [0.2, 0.25) is 0 Å². The van der Waals surface area contributed by atoms with Crippen LogP contribution in [0.5, 0.6) is 5.75 Å². The summed E-state index contributed by atoms with van der Waals surface area (Å²) in [5, 5.41) is 0. The molecule has 0 aromatic carbocycles. The van der Waals surface area contributed by atoms with E-state index in [9.17, 15) is 4.79 Å². The number of nitrogens with zero attached hydrogens (tertiary/aromatic N) is 1. The van der Waals surface area contributed by atoms with Crippen molar-refractivity contribution in [3.05, 3.63) is 21.5 Å². The molecular weight excluding hydrogens is 257 g/mol. The number of carbonyl (C=O) groups excluding carboxylic acids is 1. The lowest BCUT2D eigenvalue weighted by atomic mass is 10.3. The molecule has 0 spiro atoms. The summed E-state index contributed by atoms with van der Waals surface area (Å²) < 4.78 is 5.73. The average Bonchev–Trinajstić information content (AvgIpc) is 2.05. The Morgan fingerprint density at radius 3 is 3.00 bits per heavy atom. The summed E-state index contributed by atoms with van der Waals surface area (Å²) in [5.74, 6) is 0.683. The van der Waals surface area contributed by atoms with Gasteiger partial charge >= 0.3 is 0 Å². The van der Waals surface area contributed by atoms with E-state index in [0.29, 0.717) is 17.7 Å². The third kappa shape index (κ3) is 1.68. The molecule has 0 N–H and O–H groups in total. The number of rotatable bonds is 2. The van der Waals surface area contributed by atoms with Crippen molar-refractivity contribution >= 4 is 28.9 Å². The van der Waals surface area contributed by atoms with Crippen molar-refractivity contribution < 1.29 is 9.53 Å². The summed E-state index contributed by atoms with van der Waals surface area (Å²) in [6, 6.07) is 1.72. The lowest BCUT2D eigenvalue weighted by Gasteiger charge is -2.02. The van der Waals surface area contributed by atoms with Gasteiger partial charge in [0.1, 0.15) is 11.4 Å².